The van der Waals surface area contributed by atoms with Crippen molar-refractivity contribution in [2.45, 2.75) is 58.3 Å². The Kier molecular flexibility index (Phi) is 10.5. The summed E-state index contributed by atoms with van der Waals surface area (Å²) in [5, 5.41) is 2.31. The number of amides is 1. The summed E-state index contributed by atoms with van der Waals surface area (Å²) in [4.78, 5) is 10.4. The lowest BCUT2D eigenvalue weighted by Gasteiger charge is -2.01. The molecule has 0 saturated heterocycles. The predicted octanol–water partition coefficient (Wildman–Crippen LogP) is 4.03. The van der Waals surface area contributed by atoms with Crippen LogP contribution in [0, 0.1) is 0 Å². The second-order valence-corrected chi connectivity index (χ2v) is 4.06. The predicted molar refractivity (Wildman–Crippen MR) is 63.6 cm³/mol. The van der Waals surface area contributed by atoms with Crippen molar-refractivity contribution < 1.29 is 4.79 Å². The summed E-state index contributed by atoms with van der Waals surface area (Å²) < 4.78 is 0. The second-order valence-electron chi connectivity index (χ2n) is 3.69. The Bertz CT molecular complexity index is 139. The largest absolute Gasteiger partial charge is 0.343 e. The zero-order valence-electron chi connectivity index (χ0n) is 9.18. The Labute approximate surface area is 93.3 Å². The van der Waals surface area contributed by atoms with Gasteiger partial charge < -0.3 is 5.32 Å². The highest BCUT2D eigenvalue weighted by molar-refractivity contribution is 7.96. The van der Waals surface area contributed by atoms with Gasteiger partial charge in [-0.05, 0) is 19.0 Å². The van der Waals surface area contributed by atoms with Gasteiger partial charge in [0.2, 0.25) is 0 Å². The van der Waals surface area contributed by atoms with Gasteiger partial charge in [-0.1, -0.05) is 51.9 Å². The molecule has 83 valence electrons. The van der Waals surface area contributed by atoms with E-state index in [1.165, 1.54) is 44.9 Å². The van der Waals surface area contributed by atoms with E-state index in [4.69, 9.17) is 0 Å². The number of carbonyl (C=O) groups excluding carboxylic acids is 1. The molecule has 1 N–H and O–H groups in total. The SMILES string of the molecule is CCCCCCCCCCNC(=O)[S]. The van der Waals surface area contributed by atoms with Crippen LogP contribution < -0.4 is 5.32 Å². The van der Waals surface area contributed by atoms with Crippen LogP contribution in [0.3, 0.4) is 0 Å². The zero-order valence-corrected chi connectivity index (χ0v) is 10.00. The molecular formula is C11H22NOS. The first-order valence-electron chi connectivity index (χ1n) is 5.72. The Balaban J connectivity index is 2.88. The number of unbranched alkanes of at least 4 members (excludes halogenated alkanes) is 7. The van der Waals surface area contributed by atoms with Crippen molar-refractivity contribution in [1.29, 1.82) is 0 Å². The van der Waals surface area contributed by atoms with Crippen molar-refractivity contribution in [3.63, 3.8) is 0 Å². The van der Waals surface area contributed by atoms with Crippen molar-refractivity contribution in [2.24, 2.45) is 0 Å². The lowest BCUT2D eigenvalue weighted by Crippen LogP contribution is -2.17. The van der Waals surface area contributed by atoms with Gasteiger partial charge >= 0.3 is 5.24 Å². The van der Waals surface area contributed by atoms with Crippen LogP contribution in [0.5, 0.6) is 0 Å². The average molecular weight is 216 g/mol. The first-order valence-corrected chi connectivity index (χ1v) is 6.13. The van der Waals surface area contributed by atoms with Crippen LogP contribution in [-0.2, 0) is 0 Å². The molecule has 0 spiro atoms. The number of hydrogen-bond donors (Lipinski definition) is 1. The van der Waals surface area contributed by atoms with E-state index in [1.807, 2.05) is 0 Å². The van der Waals surface area contributed by atoms with E-state index < -0.39 is 0 Å². The van der Waals surface area contributed by atoms with Gasteiger partial charge in [-0.25, -0.2) is 0 Å². The van der Waals surface area contributed by atoms with Crippen LogP contribution in [0.4, 0.5) is 4.79 Å². The Morgan fingerprint density at radius 3 is 2.00 bits per heavy atom. The summed E-state index contributed by atoms with van der Waals surface area (Å²) in [5.41, 5.74) is 0. The molecule has 0 atom stereocenters. The summed E-state index contributed by atoms with van der Waals surface area (Å²) in [6, 6.07) is 0. The molecule has 0 aromatic heterocycles. The maximum Gasteiger partial charge on any atom is 0.310 e. The van der Waals surface area contributed by atoms with E-state index in [0.717, 1.165) is 13.0 Å². The fourth-order valence-electron chi connectivity index (χ4n) is 1.45. The Morgan fingerprint density at radius 1 is 1.00 bits per heavy atom. The summed E-state index contributed by atoms with van der Waals surface area (Å²) in [6.07, 6.45) is 10.3. The number of rotatable bonds is 9. The van der Waals surface area contributed by atoms with Crippen molar-refractivity contribution >= 4 is 17.9 Å². The van der Waals surface area contributed by atoms with Crippen LogP contribution in [0.15, 0.2) is 0 Å². The van der Waals surface area contributed by atoms with Gasteiger partial charge in [0, 0.05) is 6.54 Å². The molecule has 0 aliphatic carbocycles. The molecule has 0 unspecified atom stereocenters. The van der Waals surface area contributed by atoms with Gasteiger partial charge in [-0.15, -0.1) is 0 Å². The molecule has 0 aromatic rings. The maximum atomic E-state index is 10.4. The number of nitrogens with one attached hydrogen (secondary N) is 1. The van der Waals surface area contributed by atoms with Crippen molar-refractivity contribution in [2.75, 3.05) is 6.54 Å². The smallest absolute Gasteiger partial charge is 0.310 e. The molecule has 0 rings (SSSR count). The minimum Gasteiger partial charge on any atom is -0.343 e. The van der Waals surface area contributed by atoms with Crippen LogP contribution in [0.1, 0.15) is 58.3 Å². The van der Waals surface area contributed by atoms with Crippen molar-refractivity contribution in [1.82, 2.24) is 5.32 Å². The van der Waals surface area contributed by atoms with E-state index in [9.17, 15) is 4.79 Å². The number of carbonyl (C=O) groups is 1. The summed E-state index contributed by atoms with van der Waals surface area (Å²) in [6.45, 7) is 2.98. The van der Waals surface area contributed by atoms with Gasteiger partial charge in [-0.2, -0.15) is 0 Å². The average Bonchev–Trinajstić information content (AvgIpc) is 2.15. The zero-order chi connectivity index (χ0) is 10.6. The Morgan fingerprint density at radius 2 is 1.50 bits per heavy atom. The van der Waals surface area contributed by atoms with Gasteiger partial charge in [0.1, 0.15) is 0 Å². The molecule has 1 radical (unpaired) electrons. The van der Waals surface area contributed by atoms with Crippen LogP contribution >= 0.6 is 12.6 Å². The highest BCUT2D eigenvalue weighted by atomic mass is 32.1. The van der Waals surface area contributed by atoms with Gasteiger partial charge in [0.15, 0.2) is 0 Å². The molecule has 3 heteroatoms. The van der Waals surface area contributed by atoms with Gasteiger partial charge in [-0.3, -0.25) is 4.79 Å². The van der Waals surface area contributed by atoms with Crippen LogP contribution in [0.25, 0.3) is 0 Å². The molecule has 0 aliphatic heterocycles. The monoisotopic (exact) mass is 216 g/mol. The summed E-state index contributed by atoms with van der Waals surface area (Å²) in [5.74, 6) is 0. The number of hydrogen-bond acceptors (Lipinski definition) is 1. The third-order valence-corrected chi connectivity index (χ3v) is 2.44. The van der Waals surface area contributed by atoms with Crippen molar-refractivity contribution in [3.8, 4) is 0 Å². The van der Waals surface area contributed by atoms with Gasteiger partial charge in [0.05, 0.1) is 0 Å². The third-order valence-electron chi connectivity index (χ3n) is 2.30. The van der Waals surface area contributed by atoms with E-state index in [0.29, 0.717) is 0 Å². The highest BCUT2D eigenvalue weighted by Crippen LogP contribution is 2.07. The molecule has 0 bridgehead atoms. The second kappa shape index (κ2) is 10.8. The minimum absolute atomic E-state index is 0.326. The lowest BCUT2D eigenvalue weighted by atomic mass is 10.1. The molecule has 2 nitrogen and oxygen atoms in total. The fourth-order valence-corrected chi connectivity index (χ4v) is 1.55. The van der Waals surface area contributed by atoms with Crippen LogP contribution in [0.2, 0.25) is 0 Å². The first-order chi connectivity index (χ1) is 6.77. The van der Waals surface area contributed by atoms with E-state index >= 15 is 0 Å². The Hall–Kier alpha value is -0.310. The molecule has 0 heterocycles. The molecule has 0 aliphatic rings. The normalized spacial score (nSPS) is 10.1. The first kappa shape index (κ1) is 13.7. The minimum atomic E-state index is -0.326. The fraction of sp³-hybridized carbons (Fsp3) is 0.909. The topological polar surface area (TPSA) is 29.1 Å². The van der Waals surface area contributed by atoms with Gasteiger partial charge in [0.25, 0.3) is 0 Å². The van der Waals surface area contributed by atoms with E-state index in [1.54, 1.807) is 0 Å². The van der Waals surface area contributed by atoms with E-state index in [-0.39, 0.29) is 5.24 Å². The molecular weight excluding hydrogens is 194 g/mol. The highest BCUT2D eigenvalue weighted by Gasteiger charge is 1.93. The molecule has 0 saturated carbocycles. The summed E-state index contributed by atoms with van der Waals surface area (Å²) >= 11 is 4.38. The van der Waals surface area contributed by atoms with E-state index in [2.05, 4.69) is 24.9 Å². The lowest BCUT2D eigenvalue weighted by molar-refractivity contribution is 0.261. The van der Waals surface area contributed by atoms with Crippen LogP contribution in [-0.4, -0.2) is 11.8 Å². The molecule has 0 fully saturated rings. The molecule has 14 heavy (non-hydrogen) atoms. The molecule has 1 amide bonds. The quantitative estimate of drug-likeness (QED) is 0.579. The third kappa shape index (κ3) is 11.7. The molecule has 0 aromatic carbocycles. The maximum absolute atomic E-state index is 10.4. The standard InChI is InChI=1S/C11H22NOS/c1-2-3-4-5-6-7-8-9-10-12-11(13)14/h2-10H2,1H3,(H,12,13). The summed E-state index contributed by atoms with van der Waals surface area (Å²) in [7, 11) is 0. The van der Waals surface area contributed by atoms with Crippen molar-refractivity contribution in [3.05, 3.63) is 0 Å².